The van der Waals surface area contributed by atoms with Gasteiger partial charge in [-0.1, -0.05) is 87.3 Å². The molecule has 1 aromatic carbocycles. The molecule has 2 unspecified atom stereocenters. The van der Waals surface area contributed by atoms with Crippen molar-refractivity contribution >= 4 is 13.3 Å². The second-order valence-corrected chi connectivity index (χ2v) is 11.3. The zero-order valence-corrected chi connectivity index (χ0v) is 20.3. The second kappa shape index (κ2) is 11.3. The molecule has 0 saturated heterocycles. The van der Waals surface area contributed by atoms with Gasteiger partial charge in [0.05, 0.1) is 8.07 Å². The summed E-state index contributed by atoms with van der Waals surface area (Å²) in [4.78, 5) is 0. The summed E-state index contributed by atoms with van der Waals surface area (Å²) >= 11 is 0. The second-order valence-electron chi connectivity index (χ2n) is 6.57. The molecule has 1 aliphatic rings. The van der Waals surface area contributed by atoms with Crippen LogP contribution in [0.1, 0.15) is 41.0 Å². The van der Waals surface area contributed by atoms with Crippen LogP contribution in [0.25, 0.3) is 0 Å². The smallest absolute Gasteiger partial charge is 1.00 e. The van der Waals surface area contributed by atoms with Crippen molar-refractivity contribution in [2.24, 2.45) is 0 Å². The summed E-state index contributed by atoms with van der Waals surface area (Å²) in [6, 6.07) is 12.5. The zero-order valence-electron chi connectivity index (χ0n) is 15.4. The Hall–Kier alpha value is 0.501. The Kier molecular flexibility index (Phi) is 13.7. The third-order valence-corrected chi connectivity index (χ3v) is 11.4. The molecule has 0 radical (unpaired) electrons. The third-order valence-electron chi connectivity index (χ3n) is 5.58. The molecule has 0 spiro atoms. The fourth-order valence-electron chi connectivity index (χ4n) is 3.76. The molecule has 0 bridgehead atoms. The normalized spacial score (nSPS) is 21.3. The Balaban J connectivity index is -0.00000110. The first kappa shape index (κ1) is 29.3. The average Bonchev–Trinajstić information content (AvgIpc) is 2.65. The monoisotopic (exact) mass is 436 g/mol. The van der Waals surface area contributed by atoms with Crippen molar-refractivity contribution in [1.82, 2.24) is 0 Å². The molecule has 0 aliphatic heterocycles. The Morgan fingerprint density at radius 1 is 1.00 bits per heavy atom. The standard InChI is InChI=1S/C19H27Si.3ClH.Ti/c1-7-13-20(6,18-11-9-8-10-12-18)19(5)14-15(2)16(3)17(19)4;;;;/h8-12H,7,13H2,1-6H3;3*1H;/q-1;;;;+4/p-3. The van der Waals surface area contributed by atoms with Gasteiger partial charge in [-0.3, -0.25) is 6.08 Å². The topological polar surface area (TPSA) is 0 Å². The first-order valence-corrected chi connectivity index (χ1v) is 10.4. The fraction of sp³-hybridized carbons (Fsp3) is 0.474. The van der Waals surface area contributed by atoms with Gasteiger partial charge in [0.1, 0.15) is 0 Å². The van der Waals surface area contributed by atoms with Crippen LogP contribution in [-0.2, 0) is 21.7 Å². The molecule has 0 nitrogen and oxygen atoms in total. The van der Waals surface area contributed by atoms with Crippen LogP contribution in [0, 0.1) is 6.08 Å². The van der Waals surface area contributed by atoms with Gasteiger partial charge in [0, 0.05) is 0 Å². The van der Waals surface area contributed by atoms with E-state index in [-0.39, 0.29) is 64.0 Å². The summed E-state index contributed by atoms with van der Waals surface area (Å²) in [6.45, 7) is 14.1. The quantitative estimate of drug-likeness (QED) is 0.336. The van der Waals surface area contributed by atoms with Crippen molar-refractivity contribution in [2.75, 3.05) is 0 Å². The van der Waals surface area contributed by atoms with Crippen LogP contribution in [-0.4, -0.2) is 8.07 Å². The van der Waals surface area contributed by atoms with Gasteiger partial charge in [-0.05, 0) is 0 Å². The summed E-state index contributed by atoms with van der Waals surface area (Å²) in [5.41, 5.74) is 4.36. The zero-order chi connectivity index (χ0) is 15.0. The van der Waals surface area contributed by atoms with Crippen molar-refractivity contribution in [3.8, 4) is 0 Å². The summed E-state index contributed by atoms with van der Waals surface area (Å²) < 4.78 is 0. The fourth-order valence-corrected chi connectivity index (χ4v) is 8.53. The maximum atomic E-state index is 3.86. The number of halogens is 3. The summed E-state index contributed by atoms with van der Waals surface area (Å²) in [5.74, 6) is 0. The van der Waals surface area contributed by atoms with E-state index in [1.807, 2.05) is 0 Å². The van der Waals surface area contributed by atoms with Gasteiger partial charge in [-0.15, -0.1) is 6.92 Å². The van der Waals surface area contributed by atoms with Crippen LogP contribution in [0.5, 0.6) is 0 Å². The van der Waals surface area contributed by atoms with E-state index in [1.54, 1.807) is 10.8 Å². The molecule has 132 valence electrons. The average molecular weight is 438 g/mol. The summed E-state index contributed by atoms with van der Waals surface area (Å²) in [7, 11) is -1.65. The largest absolute Gasteiger partial charge is 4.00 e. The van der Waals surface area contributed by atoms with Gasteiger partial charge >= 0.3 is 21.7 Å². The first-order valence-electron chi connectivity index (χ1n) is 7.72. The van der Waals surface area contributed by atoms with Crippen LogP contribution in [0.4, 0.5) is 0 Å². The van der Waals surface area contributed by atoms with Crippen molar-refractivity contribution in [3.63, 3.8) is 0 Å². The van der Waals surface area contributed by atoms with Gasteiger partial charge in [-0.2, -0.15) is 11.1 Å². The molecule has 0 amide bonds. The maximum absolute atomic E-state index is 3.86. The Labute approximate surface area is 183 Å². The molecule has 5 heteroatoms. The SMILES string of the molecule is CCC[Si](C)(c1ccccc1)C1(C)[C-]=C(C)C(C)=C1C.[Cl-].[Cl-].[Cl-].[Ti+4]. The number of rotatable bonds is 4. The Morgan fingerprint density at radius 2 is 1.50 bits per heavy atom. The van der Waals surface area contributed by atoms with E-state index in [0.717, 1.165) is 0 Å². The van der Waals surface area contributed by atoms with Crippen molar-refractivity contribution < 1.29 is 58.9 Å². The van der Waals surface area contributed by atoms with Crippen molar-refractivity contribution in [2.45, 2.75) is 58.7 Å². The molecule has 1 aromatic rings. The van der Waals surface area contributed by atoms with Gasteiger partial charge < -0.3 is 37.2 Å². The van der Waals surface area contributed by atoms with E-state index >= 15 is 0 Å². The molecule has 0 fully saturated rings. The summed E-state index contributed by atoms with van der Waals surface area (Å²) in [6.07, 6.45) is 5.11. The van der Waals surface area contributed by atoms with Crippen LogP contribution in [0.15, 0.2) is 47.1 Å². The van der Waals surface area contributed by atoms with Crippen LogP contribution < -0.4 is 42.4 Å². The number of benzene rings is 1. The van der Waals surface area contributed by atoms with Crippen molar-refractivity contribution in [3.05, 3.63) is 53.1 Å². The van der Waals surface area contributed by atoms with E-state index in [0.29, 0.717) is 0 Å². The van der Waals surface area contributed by atoms with E-state index in [9.17, 15) is 0 Å². The molecule has 0 aromatic heterocycles. The van der Waals surface area contributed by atoms with E-state index < -0.39 is 8.07 Å². The molecule has 2 atom stereocenters. The number of hydrogen-bond acceptors (Lipinski definition) is 0. The van der Waals surface area contributed by atoms with E-state index in [2.05, 4.69) is 77.6 Å². The Morgan fingerprint density at radius 3 is 1.88 bits per heavy atom. The molecule has 2 rings (SSSR count). The Bertz CT molecular complexity index is 571. The molecule has 0 heterocycles. The number of hydrogen-bond donors (Lipinski definition) is 0. The minimum absolute atomic E-state index is 0. The van der Waals surface area contributed by atoms with Gasteiger partial charge in [0.15, 0.2) is 0 Å². The predicted molar refractivity (Wildman–Crippen MR) is 92.0 cm³/mol. The van der Waals surface area contributed by atoms with Crippen LogP contribution >= 0.6 is 0 Å². The molecular weight excluding hydrogens is 411 g/mol. The third kappa shape index (κ3) is 4.81. The van der Waals surface area contributed by atoms with Gasteiger partial charge in [-0.25, -0.2) is 5.57 Å². The molecule has 0 N–H and O–H groups in total. The molecular formula is C19H27Cl3SiTi. The predicted octanol–water partition coefficient (Wildman–Crippen LogP) is -3.75. The minimum Gasteiger partial charge on any atom is -1.00 e. The molecule has 1 aliphatic carbocycles. The van der Waals surface area contributed by atoms with Crippen LogP contribution in [0.3, 0.4) is 0 Å². The number of allylic oxidation sites excluding steroid dienone is 4. The van der Waals surface area contributed by atoms with Gasteiger partial charge in [0.25, 0.3) is 0 Å². The summed E-state index contributed by atoms with van der Waals surface area (Å²) in [5, 5.41) is 1.71. The van der Waals surface area contributed by atoms with E-state index in [1.165, 1.54) is 23.6 Å². The van der Waals surface area contributed by atoms with Crippen LogP contribution in [0.2, 0.25) is 17.6 Å². The molecule has 24 heavy (non-hydrogen) atoms. The van der Waals surface area contributed by atoms with Crippen molar-refractivity contribution in [1.29, 1.82) is 0 Å². The minimum atomic E-state index is -1.65. The molecule has 0 saturated carbocycles. The first-order chi connectivity index (χ1) is 9.37. The maximum Gasteiger partial charge on any atom is 4.00 e. The van der Waals surface area contributed by atoms with Gasteiger partial charge in [0.2, 0.25) is 0 Å². The van der Waals surface area contributed by atoms with E-state index in [4.69, 9.17) is 0 Å².